The molecule has 4 aliphatic rings. The zero-order chi connectivity index (χ0) is 33.7. The maximum atomic E-state index is 13.6. The molecule has 12 heteroatoms. The lowest BCUT2D eigenvalue weighted by molar-refractivity contribution is -0.139. The Bertz CT molecular complexity index is 1710. The van der Waals surface area contributed by atoms with Gasteiger partial charge in [0.1, 0.15) is 17.5 Å². The van der Waals surface area contributed by atoms with Gasteiger partial charge >= 0.3 is 6.09 Å². The van der Waals surface area contributed by atoms with Gasteiger partial charge in [-0.05, 0) is 100 Å². The molecule has 0 fully saturated rings. The van der Waals surface area contributed by atoms with Crippen molar-refractivity contribution < 1.29 is 32.2 Å². The zero-order valence-electron chi connectivity index (χ0n) is 27.6. The van der Waals surface area contributed by atoms with Gasteiger partial charge in [0.15, 0.2) is 0 Å². The third-order valence-electron chi connectivity index (χ3n) is 9.99. The minimum Gasteiger partial charge on any atom is -0.490 e. The maximum absolute atomic E-state index is 13.6. The first-order valence-corrected chi connectivity index (χ1v) is 18.3. The number of ether oxygens (including phenoxy) is 3. The second kappa shape index (κ2) is 12.6. The molecule has 0 unspecified atom stereocenters. The zero-order valence-corrected chi connectivity index (χ0v) is 29.2. The Labute approximate surface area is 282 Å². The molecule has 2 aromatic carbocycles. The van der Waals surface area contributed by atoms with Gasteiger partial charge in [-0.2, -0.15) is 0 Å². The number of amides is 2. The van der Waals surface area contributed by atoms with E-state index in [9.17, 15) is 18.0 Å². The number of fused-ring (bicyclic) bond motifs is 4. The Morgan fingerprint density at radius 3 is 2.77 bits per heavy atom. The van der Waals surface area contributed by atoms with Crippen LogP contribution in [0.2, 0.25) is 5.02 Å². The lowest BCUT2D eigenvalue weighted by atomic mass is 9.67. The summed E-state index contributed by atoms with van der Waals surface area (Å²) in [6.07, 6.45) is 5.77. The quantitative estimate of drug-likeness (QED) is 0.400. The predicted molar refractivity (Wildman–Crippen MR) is 180 cm³/mol. The van der Waals surface area contributed by atoms with Crippen LogP contribution in [0.15, 0.2) is 47.4 Å². The molecule has 4 atom stereocenters. The third-order valence-corrected chi connectivity index (χ3v) is 11.6. The molecule has 1 aliphatic carbocycles. The summed E-state index contributed by atoms with van der Waals surface area (Å²) in [7, 11) is -4.25. The summed E-state index contributed by atoms with van der Waals surface area (Å²) in [6, 6.07) is 8.97. The van der Waals surface area contributed by atoms with Crippen molar-refractivity contribution in [2.75, 3.05) is 31.2 Å². The Hall–Kier alpha value is -3.28. The highest BCUT2D eigenvalue weighted by molar-refractivity contribution is 7.90. The van der Waals surface area contributed by atoms with Crippen molar-refractivity contribution in [3.8, 4) is 5.75 Å². The monoisotopic (exact) mass is 685 g/mol. The molecule has 0 saturated carbocycles. The molecule has 0 aromatic heterocycles. The number of hydrogen-bond acceptors (Lipinski definition) is 8. The summed E-state index contributed by atoms with van der Waals surface area (Å²) in [5.41, 5.74) is 2.19. The number of nitrogens with zero attached hydrogens (tertiary/aromatic N) is 1. The number of hydrogen-bond donors (Lipinski definition) is 2. The highest BCUT2D eigenvalue weighted by Crippen LogP contribution is 2.50. The van der Waals surface area contributed by atoms with Gasteiger partial charge in [-0.3, -0.25) is 4.79 Å². The van der Waals surface area contributed by atoms with E-state index in [4.69, 9.17) is 25.8 Å². The van der Waals surface area contributed by atoms with Crippen LogP contribution in [-0.4, -0.2) is 64.5 Å². The first-order valence-electron chi connectivity index (χ1n) is 16.4. The fourth-order valence-electron chi connectivity index (χ4n) is 7.52. The maximum Gasteiger partial charge on any atom is 0.407 e. The second-order valence-corrected chi connectivity index (χ2v) is 16.1. The van der Waals surface area contributed by atoms with E-state index in [0.717, 1.165) is 24.8 Å². The average molecular weight is 686 g/mol. The van der Waals surface area contributed by atoms with Gasteiger partial charge in [-0.15, -0.1) is 0 Å². The number of carbonyl (C=O) groups excluding carboxylic acids is 2. The minimum atomic E-state index is -4.25. The SMILES string of the molecule is CC[C@H]1[C@@H](OC(=O)NC(C)C)/C=C/COC(C)(C)C(=O)NS(=O)(=O)c2ccc3c(c2)N2C[C@@H]1c1cc4c(cc1Cl)CCC[C@@]4(CO3)C2. The van der Waals surface area contributed by atoms with Crippen molar-refractivity contribution in [1.82, 2.24) is 10.0 Å². The Balaban J connectivity index is 1.56. The minimum absolute atomic E-state index is 0.0162. The molecule has 10 nitrogen and oxygen atoms in total. The van der Waals surface area contributed by atoms with Gasteiger partial charge in [-0.25, -0.2) is 17.9 Å². The first-order chi connectivity index (χ1) is 22.2. The van der Waals surface area contributed by atoms with E-state index < -0.39 is 33.7 Å². The number of rotatable bonds is 3. The van der Waals surface area contributed by atoms with Gasteiger partial charge in [0.2, 0.25) is 0 Å². The van der Waals surface area contributed by atoms with Crippen molar-refractivity contribution in [1.29, 1.82) is 0 Å². The van der Waals surface area contributed by atoms with Gasteiger partial charge in [0.25, 0.3) is 15.9 Å². The fraction of sp³-hybridized carbons (Fsp3) is 0.543. The second-order valence-electron chi connectivity index (χ2n) is 14.0. The first kappa shape index (κ1) is 33.6. The molecule has 47 heavy (non-hydrogen) atoms. The van der Waals surface area contributed by atoms with E-state index in [1.165, 1.54) is 31.0 Å². The number of aryl methyl sites for hydroxylation is 1. The molecule has 6 rings (SSSR count). The topological polar surface area (TPSA) is 123 Å². The van der Waals surface area contributed by atoms with Crippen LogP contribution in [-0.2, 0) is 36.1 Å². The van der Waals surface area contributed by atoms with Crippen LogP contribution < -0.4 is 19.7 Å². The molecular formula is C35H44ClN3O7S. The lowest BCUT2D eigenvalue weighted by Crippen LogP contribution is -2.49. The molecular weight excluding hydrogens is 642 g/mol. The number of anilines is 1. The molecule has 3 aliphatic heterocycles. The summed E-state index contributed by atoms with van der Waals surface area (Å²) >= 11 is 7.14. The van der Waals surface area contributed by atoms with Crippen LogP contribution in [0.3, 0.4) is 0 Å². The van der Waals surface area contributed by atoms with E-state index in [1.807, 2.05) is 13.8 Å². The number of benzene rings is 2. The molecule has 2 amide bonds. The highest BCUT2D eigenvalue weighted by Gasteiger charge is 2.46. The Kier molecular flexibility index (Phi) is 9.04. The number of sulfonamides is 1. The number of carbonyl (C=O) groups is 2. The van der Waals surface area contributed by atoms with Crippen molar-refractivity contribution in [3.63, 3.8) is 0 Å². The summed E-state index contributed by atoms with van der Waals surface area (Å²) in [5.74, 6) is -0.663. The van der Waals surface area contributed by atoms with Crippen molar-refractivity contribution in [2.24, 2.45) is 5.92 Å². The summed E-state index contributed by atoms with van der Waals surface area (Å²) < 4.78 is 47.9. The van der Waals surface area contributed by atoms with E-state index >= 15 is 0 Å². The van der Waals surface area contributed by atoms with Gasteiger partial charge in [0.05, 0.1) is 23.8 Å². The molecule has 0 radical (unpaired) electrons. The van der Waals surface area contributed by atoms with E-state index in [0.29, 0.717) is 42.6 Å². The van der Waals surface area contributed by atoms with Crippen LogP contribution in [0.5, 0.6) is 5.75 Å². The largest absolute Gasteiger partial charge is 0.490 e. The van der Waals surface area contributed by atoms with Crippen molar-refractivity contribution >= 4 is 39.3 Å². The lowest BCUT2D eigenvalue weighted by Gasteiger charge is -2.45. The Morgan fingerprint density at radius 1 is 1.23 bits per heavy atom. The number of nitrogens with one attached hydrogen (secondary N) is 2. The predicted octanol–water partition coefficient (Wildman–Crippen LogP) is 5.61. The fourth-order valence-corrected chi connectivity index (χ4v) is 8.96. The third kappa shape index (κ3) is 6.46. The highest BCUT2D eigenvalue weighted by atomic mass is 35.5. The molecule has 254 valence electrons. The standard InChI is InChI=1S/C35H44ClN3O7S/c1-6-24-26-18-39-19-35(13-7-9-22-15-28(36)25(26)17-27(22)35)20-44-31-12-11-23(16-29(31)39)47(42,43)38-32(40)34(4,5)45-14-8-10-30(24)46-33(41)37-21(2)3/h8,10-12,15-17,21,24,26,30H,6-7,9,13-14,18-20H2,1-5H3,(H,37,41)(H,38,40)/b10-8+/t24-,26+,30+,35+/m1/s1. The van der Waals surface area contributed by atoms with Crippen molar-refractivity contribution in [2.45, 2.75) is 94.3 Å². The molecule has 3 heterocycles. The van der Waals surface area contributed by atoms with E-state index in [-0.39, 0.29) is 34.8 Å². The molecule has 2 aromatic rings. The van der Waals surface area contributed by atoms with Crippen LogP contribution in [0.1, 0.15) is 76.5 Å². The number of alkyl carbamates (subject to hydrolysis) is 1. The smallest absolute Gasteiger partial charge is 0.407 e. The molecule has 2 N–H and O–H groups in total. The summed E-state index contributed by atoms with van der Waals surface area (Å²) in [4.78, 5) is 28.5. The normalized spacial score (nSPS) is 28.4. The van der Waals surface area contributed by atoms with Crippen molar-refractivity contribution in [3.05, 3.63) is 64.2 Å². The summed E-state index contributed by atoms with van der Waals surface area (Å²) in [5, 5.41) is 3.51. The number of halogens is 1. The van der Waals surface area contributed by atoms with Crippen LogP contribution in [0, 0.1) is 5.92 Å². The van der Waals surface area contributed by atoms with Gasteiger partial charge in [-0.1, -0.05) is 30.7 Å². The Morgan fingerprint density at radius 2 is 2.02 bits per heavy atom. The molecule has 0 saturated heterocycles. The van der Waals surface area contributed by atoms with Crippen LogP contribution in [0.25, 0.3) is 0 Å². The van der Waals surface area contributed by atoms with Gasteiger partial charge in [0, 0.05) is 41.4 Å². The van der Waals surface area contributed by atoms with Gasteiger partial charge < -0.3 is 24.4 Å². The van der Waals surface area contributed by atoms with E-state index in [1.54, 1.807) is 24.3 Å². The van der Waals surface area contributed by atoms with E-state index in [2.05, 4.69) is 34.0 Å². The van der Waals surface area contributed by atoms with Crippen LogP contribution >= 0.6 is 11.6 Å². The summed E-state index contributed by atoms with van der Waals surface area (Å²) in [6.45, 7) is 10.3. The molecule has 1 spiro atoms. The average Bonchev–Trinajstić information content (AvgIpc) is 3.14. The molecule has 7 bridgehead atoms. The van der Waals surface area contributed by atoms with Crippen LogP contribution in [0.4, 0.5) is 10.5 Å².